The average Bonchev–Trinajstić information content (AvgIpc) is 3.21. The summed E-state index contributed by atoms with van der Waals surface area (Å²) in [5.74, 6) is 0. The molecule has 1 heterocycles. The molecule has 2 aliphatic carbocycles. The third-order valence-corrected chi connectivity index (χ3v) is 9.05. The summed E-state index contributed by atoms with van der Waals surface area (Å²) in [7, 11) is 4.22. The zero-order valence-corrected chi connectivity index (χ0v) is 23.2. The lowest BCUT2D eigenvalue weighted by Gasteiger charge is -2.24. The molecule has 0 saturated carbocycles. The summed E-state index contributed by atoms with van der Waals surface area (Å²) in [5, 5.41) is 4.46. The van der Waals surface area contributed by atoms with Crippen LogP contribution in [0.3, 0.4) is 0 Å². The van der Waals surface area contributed by atoms with Gasteiger partial charge in [-0.3, -0.25) is 0 Å². The minimum absolute atomic E-state index is 0.0147. The van der Waals surface area contributed by atoms with Crippen molar-refractivity contribution in [3.63, 3.8) is 0 Å². The average molecular weight is 498 g/mol. The smallest absolute Gasteiger partial charge is 0.209 e. The fourth-order valence-corrected chi connectivity index (χ4v) is 6.81. The second-order valence-electron chi connectivity index (χ2n) is 11.4. The highest BCUT2D eigenvalue weighted by atomic mass is 35.5. The second-order valence-corrected chi connectivity index (χ2v) is 11.7. The number of likely N-dealkylation sites (N-methyl/N-ethyl adjacent to an activating group) is 1. The summed E-state index contributed by atoms with van der Waals surface area (Å²) >= 11 is 7.04. The van der Waals surface area contributed by atoms with E-state index in [1.165, 1.54) is 44.8 Å². The van der Waals surface area contributed by atoms with E-state index in [1.807, 2.05) is 0 Å². The van der Waals surface area contributed by atoms with Crippen LogP contribution in [0.1, 0.15) is 69.7 Å². The van der Waals surface area contributed by atoms with Crippen molar-refractivity contribution in [2.45, 2.75) is 63.8 Å². The Morgan fingerprint density at radius 2 is 1.58 bits per heavy atom. The summed E-state index contributed by atoms with van der Waals surface area (Å²) in [6.07, 6.45) is 12.3. The van der Waals surface area contributed by atoms with Crippen molar-refractivity contribution in [1.29, 1.82) is 0 Å². The van der Waals surface area contributed by atoms with Gasteiger partial charge in [0.25, 0.3) is 0 Å². The van der Waals surface area contributed by atoms with E-state index in [0.717, 1.165) is 24.3 Å². The molecule has 0 fully saturated rings. The molecular formula is C33H38ClN2+. The second kappa shape index (κ2) is 9.32. The van der Waals surface area contributed by atoms with Gasteiger partial charge >= 0.3 is 0 Å². The molecule has 0 amide bonds. The standard InChI is InChI=1S/C33H38ClN2/c1-32(2)25-15-8-7-14-24(25)31(35-5)27(32)20-18-22-12-11-13-23(30(22)34)19-21-29-33(3,4)26-16-9-10-17-28(26)36(29)6/h7-10,14-21,31,35H,11-13H2,1-6H3/q+1/b21-19+,22-18+,27-20-. The molecular weight excluding hydrogens is 460 g/mol. The fourth-order valence-electron chi connectivity index (χ4n) is 6.50. The van der Waals surface area contributed by atoms with Gasteiger partial charge in [-0.05, 0) is 68.0 Å². The number of allylic oxidation sites excluding steroid dienone is 7. The number of rotatable bonds is 4. The molecule has 0 bridgehead atoms. The maximum atomic E-state index is 7.04. The molecule has 5 rings (SSSR count). The summed E-state index contributed by atoms with van der Waals surface area (Å²) in [6, 6.07) is 17.7. The van der Waals surface area contributed by atoms with Crippen LogP contribution in [0, 0.1) is 0 Å². The molecule has 1 unspecified atom stereocenters. The number of benzene rings is 2. The summed E-state index contributed by atoms with van der Waals surface area (Å²) < 4.78 is 2.32. The predicted molar refractivity (Wildman–Crippen MR) is 154 cm³/mol. The Bertz CT molecular complexity index is 1360. The maximum Gasteiger partial charge on any atom is 0.209 e. The van der Waals surface area contributed by atoms with Crippen molar-refractivity contribution >= 4 is 23.0 Å². The van der Waals surface area contributed by atoms with Gasteiger partial charge in [-0.1, -0.05) is 86.1 Å². The summed E-state index contributed by atoms with van der Waals surface area (Å²) in [6.45, 7) is 9.27. The van der Waals surface area contributed by atoms with Crippen LogP contribution in [-0.2, 0) is 10.8 Å². The highest BCUT2D eigenvalue weighted by Gasteiger charge is 2.43. The summed E-state index contributed by atoms with van der Waals surface area (Å²) in [4.78, 5) is 0. The van der Waals surface area contributed by atoms with Crippen molar-refractivity contribution in [2.24, 2.45) is 0 Å². The van der Waals surface area contributed by atoms with Gasteiger partial charge in [0.2, 0.25) is 5.69 Å². The van der Waals surface area contributed by atoms with Crippen molar-refractivity contribution in [3.05, 3.63) is 111 Å². The first-order valence-corrected chi connectivity index (χ1v) is 13.5. The zero-order valence-electron chi connectivity index (χ0n) is 22.5. The van der Waals surface area contributed by atoms with Gasteiger partial charge in [0.1, 0.15) is 7.05 Å². The number of para-hydroxylation sites is 1. The number of hydrogen-bond donors (Lipinski definition) is 1. The van der Waals surface area contributed by atoms with Crippen molar-refractivity contribution in [3.8, 4) is 0 Å². The maximum absolute atomic E-state index is 7.04. The SMILES string of the molecule is CNC1/C(=C/C=C2\CCCC(/C=C/C3=[N+](C)c4ccccc4C3(C)C)=C2Cl)C(C)(C)c2ccccc21. The van der Waals surface area contributed by atoms with E-state index < -0.39 is 0 Å². The fraction of sp³-hybridized carbons (Fsp3) is 0.364. The van der Waals surface area contributed by atoms with Gasteiger partial charge in [0.15, 0.2) is 5.71 Å². The normalized spacial score (nSPS) is 24.8. The van der Waals surface area contributed by atoms with Crippen LogP contribution in [0.4, 0.5) is 5.69 Å². The molecule has 2 aromatic carbocycles. The largest absolute Gasteiger partial charge is 0.310 e. The van der Waals surface area contributed by atoms with E-state index in [0.29, 0.717) is 0 Å². The Hall–Kier alpha value is -2.68. The predicted octanol–water partition coefficient (Wildman–Crippen LogP) is 8.03. The van der Waals surface area contributed by atoms with Crippen molar-refractivity contribution in [2.75, 3.05) is 14.1 Å². The van der Waals surface area contributed by atoms with Crippen LogP contribution in [0.15, 0.2) is 94.6 Å². The Labute approximate surface area is 221 Å². The van der Waals surface area contributed by atoms with Gasteiger partial charge in [0, 0.05) is 28.2 Å². The van der Waals surface area contributed by atoms with E-state index >= 15 is 0 Å². The molecule has 36 heavy (non-hydrogen) atoms. The third kappa shape index (κ3) is 3.96. The van der Waals surface area contributed by atoms with Crippen molar-refractivity contribution < 1.29 is 4.58 Å². The van der Waals surface area contributed by atoms with Crippen LogP contribution in [-0.4, -0.2) is 24.4 Å². The quantitative estimate of drug-likeness (QED) is 0.422. The third-order valence-electron chi connectivity index (χ3n) is 8.57. The number of fused-ring (bicyclic) bond motifs is 2. The Balaban J connectivity index is 1.47. The monoisotopic (exact) mass is 497 g/mol. The zero-order chi connectivity index (χ0) is 25.7. The Morgan fingerprint density at radius 3 is 2.31 bits per heavy atom. The molecule has 0 saturated heterocycles. The highest BCUT2D eigenvalue weighted by molar-refractivity contribution is 6.32. The van der Waals surface area contributed by atoms with Crippen molar-refractivity contribution in [1.82, 2.24) is 5.32 Å². The van der Waals surface area contributed by atoms with Crippen LogP contribution < -0.4 is 5.32 Å². The van der Waals surface area contributed by atoms with Gasteiger partial charge in [-0.2, -0.15) is 4.58 Å². The van der Waals surface area contributed by atoms with Crippen LogP contribution in [0.2, 0.25) is 0 Å². The van der Waals surface area contributed by atoms with E-state index in [1.54, 1.807) is 0 Å². The van der Waals surface area contributed by atoms with Gasteiger partial charge in [0.05, 0.1) is 11.5 Å². The Morgan fingerprint density at radius 1 is 0.889 bits per heavy atom. The lowest BCUT2D eigenvalue weighted by molar-refractivity contribution is -0.401. The van der Waals surface area contributed by atoms with Crippen LogP contribution in [0.25, 0.3) is 0 Å². The summed E-state index contributed by atoms with van der Waals surface area (Å²) in [5.41, 5.74) is 10.6. The Kier molecular flexibility index (Phi) is 6.47. The molecule has 1 aliphatic heterocycles. The molecule has 2 aromatic rings. The lowest BCUT2D eigenvalue weighted by atomic mass is 9.81. The van der Waals surface area contributed by atoms with E-state index in [4.69, 9.17) is 11.6 Å². The number of halogens is 1. The van der Waals surface area contributed by atoms with E-state index in [2.05, 4.69) is 125 Å². The highest BCUT2D eigenvalue weighted by Crippen LogP contribution is 2.49. The number of nitrogens with one attached hydrogen (secondary N) is 1. The molecule has 0 radical (unpaired) electrons. The minimum Gasteiger partial charge on any atom is -0.310 e. The molecule has 1 N–H and O–H groups in total. The first-order chi connectivity index (χ1) is 17.2. The molecule has 1 atom stereocenters. The molecule has 0 spiro atoms. The van der Waals surface area contributed by atoms with Gasteiger partial charge in [-0.25, -0.2) is 0 Å². The molecule has 2 nitrogen and oxygen atoms in total. The minimum atomic E-state index is -0.0299. The van der Waals surface area contributed by atoms with E-state index in [-0.39, 0.29) is 16.9 Å². The van der Waals surface area contributed by atoms with Gasteiger partial charge in [-0.15, -0.1) is 0 Å². The molecule has 186 valence electrons. The van der Waals surface area contributed by atoms with Gasteiger partial charge < -0.3 is 5.32 Å². The van der Waals surface area contributed by atoms with Crippen LogP contribution >= 0.6 is 11.6 Å². The first kappa shape index (κ1) is 25.0. The topological polar surface area (TPSA) is 15.0 Å². The van der Waals surface area contributed by atoms with Crippen LogP contribution in [0.5, 0.6) is 0 Å². The number of hydrogen-bond acceptors (Lipinski definition) is 1. The lowest BCUT2D eigenvalue weighted by Crippen LogP contribution is -2.26. The molecule has 3 heteroatoms. The van der Waals surface area contributed by atoms with E-state index in [9.17, 15) is 0 Å². The number of nitrogens with zero attached hydrogens (tertiary/aromatic N) is 1. The molecule has 3 aliphatic rings. The molecule has 0 aromatic heterocycles. The first-order valence-electron chi connectivity index (χ1n) is 13.1.